The van der Waals surface area contributed by atoms with Gasteiger partial charge >= 0.3 is 0 Å². The Balaban J connectivity index is 2.60. The summed E-state index contributed by atoms with van der Waals surface area (Å²) in [5, 5.41) is 9.62. The number of para-hydroxylation sites is 1. The van der Waals surface area contributed by atoms with Gasteiger partial charge in [-0.15, -0.1) is 11.3 Å². The van der Waals surface area contributed by atoms with Crippen LogP contribution in [0, 0.1) is 6.92 Å². The molecule has 4 heteroatoms. The van der Waals surface area contributed by atoms with Crippen molar-refractivity contribution in [2.45, 2.75) is 6.92 Å². The normalized spacial score (nSPS) is 10.4. The average molecular weight is 226 g/mol. The van der Waals surface area contributed by atoms with Crippen LogP contribution in [-0.4, -0.2) is 10.1 Å². The molecular weight excluding hydrogens is 218 g/mol. The van der Waals surface area contributed by atoms with Crippen molar-refractivity contribution in [1.29, 1.82) is 0 Å². The molecular formula is C10H8ClNOS. The molecule has 72 valence electrons. The van der Waals surface area contributed by atoms with Gasteiger partial charge in [-0.05, 0) is 19.1 Å². The number of nitrogens with zero attached hydrogens (tertiary/aromatic N) is 1. The number of hydrogen-bond donors (Lipinski definition) is 1. The highest BCUT2D eigenvalue weighted by Crippen LogP contribution is 2.34. The van der Waals surface area contributed by atoms with Gasteiger partial charge in [-0.25, -0.2) is 4.98 Å². The van der Waals surface area contributed by atoms with Crippen molar-refractivity contribution in [2.75, 3.05) is 0 Å². The molecule has 2 aromatic rings. The Morgan fingerprint density at radius 3 is 2.64 bits per heavy atom. The number of phenolic OH excluding ortho intramolecular Hbond substituents is 1. The summed E-state index contributed by atoms with van der Waals surface area (Å²) >= 11 is 7.21. The predicted octanol–water partition coefficient (Wildman–Crippen LogP) is 3.48. The van der Waals surface area contributed by atoms with Gasteiger partial charge in [0, 0.05) is 10.4 Å². The van der Waals surface area contributed by atoms with Crippen LogP contribution in [0.1, 0.15) is 4.88 Å². The van der Waals surface area contributed by atoms with E-state index >= 15 is 0 Å². The van der Waals surface area contributed by atoms with Crippen LogP contribution in [0.3, 0.4) is 0 Å². The van der Waals surface area contributed by atoms with Crippen LogP contribution in [0.15, 0.2) is 24.3 Å². The van der Waals surface area contributed by atoms with Gasteiger partial charge in [-0.3, -0.25) is 0 Å². The number of thiazole rings is 1. The molecule has 0 atom stereocenters. The number of aromatic nitrogens is 1. The van der Waals surface area contributed by atoms with Crippen LogP contribution in [0.2, 0.25) is 4.47 Å². The summed E-state index contributed by atoms with van der Waals surface area (Å²) in [7, 11) is 0. The van der Waals surface area contributed by atoms with Gasteiger partial charge in [0.25, 0.3) is 0 Å². The molecule has 1 heterocycles. The minimum Gasteiger partial charge on any atom is -0.507 e. The molecule has 0 unspecified atom stereocenters. The van der Waals surface area contributed by atoms with E-state index in [-0.39, 0.29) is 5.75 Å². The highest BCUT2D eigenvalue weighted by molar-refractivity contribution is 7.16. The zero-order valence-electron chi connectivity index (χ0n) is 7.49. The number of phenols is 1. The Kier molecular flexibility index (Phi) is 2.44. The summed E-state index contributed by atoms with van der Waals surface area (Å²) in [5.41, 5.74) is 1.49. The quantitative estimate of drug-likeness (QED) is 0.806. The van der Waals surface area contributed by atoms with Crippen molar-refractivity contribution in [1.82, 2.24) is 4.98 Å². The number of aryl methyl sites for hydroxylation is 1. The third-order valence-electron chi connectivity index (χ3n) is 1.93. The Morgan fingerprint density at radius 1 is 1.36 bits per heavy atom. The van der Waals surface area contributed by atoms with Gasteiger partial charge in [0.15, 0.2) is 4.47 Å². The molecule has 0 bridgehead atoms. The molecule has 0 saturated carbocycles. The summed E-state index contributed by atoms with van der Waals surface area (Å²) < 4.78 is 0.501. The van der Waals surface area contributed by atoms with E-state index in [1.54, 1.807) is 12.1 Å². The number of aromatic hydroxyl groups is 1. The molecule has 14 heavy (non-hydrogen) atoms. The Morgan fingerprint density at radius 2 is 2.07 bits per heavy atom. The molecule has 0 radical (unpaired) electrons. The SMILES string of the molecule is Cc1sc(Cl)nc1-c1ccccc1O. The molecule has 0 amide bonds. The third kappa shape index (κ3) is 1.61. The molecule has 1 aromatic carbocycles. The minimum absolute atomic E-state index is 0.234. The molecule has 2 nitrogen and oxygen atoms in total. The van der Waals surface area contributed by atoms with Gasteiger partial charge in [0.2, 0.25) is 0 Å². The first kappa shape index (κ1) is 9.49. The Labute approximate surface area is 90.8 Å². The fourth-order valence-electron chi connectivity index (χ4n) is 1.29. The molecule has 1 aromatic heterocycles. The summed E-state index contributed by atoms with van der Waals surface area (Å²) in [5.74, 6) is 0.234. The van der Waals surface area contributed by atoms with E-state index in [2.05, 4.69) is 4.98 Å². The van der Waals surface area contributed by atoms with Gasteiger partial charge in [-0.2, -0.15) is 0 Å². The van der Waals surface area contributed by atoms with Gasteiger partial charge in [0.05, 0.1) is 5.69 Å². The molecule has 1 N–H and O–H groups in total. The summed E-state index contributed by atoms with van der Waals surface area (Å²) in [6.45, 7) is 1.94. The summed E-state index contributed by atoms with van der Waals surface area (Å²) in [6, 6.07) is 7.11. The van der Waals surface area contributed by atoms with Crippen molar-refractivity contribution in [3.05, 3.63) is 33.6 Å². The first-order valence-corrected chi connectivity index (χ1v) is 5.29. The molecule has 0 fully saturated rings. The molecule has 2 rings (SSSR count). The van der Waals surface area contributed by atoms with E-state index in [0.29, 0.717) is 4.47 Å². The van der Waals surface area contributed by atoms with Crippen molar-refractivity contribution < 1.29 is 5.11 Å². The third-order valence-corrected chi connectivity index (χ3v) is 3.00. The maximum absolute atomic E-state index is 9.62. The van der Waals surface area contributed by atoms with Gasteiger partial charge in [-0.1, -0.05) is 23.7 Å². The monoisotopic (exact) mass is 225 g/mol. The maximum Gasteiger partial charge on any atom is 0.184 e. The first-order chi connectivity index (χ1) is 6.68. The van der Waals surface area contributed by atoms with E-state index in [1.807, 2.05) is 19.1 Å². The van der Waals surface area contributed by atoms with Crippen LogP contribution >= 0.6 is 22.9 Å². The van der Waals surface area contributed by atoms with E-state index in [0.717, 1.165) is 16.1 Å². The largest absolute Gasteiger partial charge is 0.507 e. The topological polar surface area (TPSA) is 33.1 Å². The smallest absolute Gasteiger partial charge is 0.184 e. The zero-order chi connectivity index (χ0) is 10.1. The van der Waals surface area contributed by atoms with Crippen molar-refractivity contribution in [3.63, 3.8) is 0 Å². The Bertz CT molecular complexity index is 467. The van der Waals surface area contributed by atoms with Crippen molar-refractivity contribution >= 4 is 22.9 Å². The van der Waals surface area contributed by atoms with Crippen LogP contribution in [0.25, 0.3) is 11.3 Å². The second-order valence-corrected chi connectivity index (χ2v) is 4.67. The highest BCUT2D eigenvalue weighted by atomic mass is 35.5. The fourth-order valence-corrected chi connectivity index (χ4v) is 2.36. The average Bonchev–Trinajstić information content (AvgIpc) is 2.46. The lowest BCUT2D eigenvalue weighted by molar-refractivity contribution is 0.477. The molecule has 0 aliphatic heterocycles. The van der Waals surface area contributed by atoms with Crippen molar-refractivity contribution in [2.24, 2.45) is 0 Å². The lowest BCUT2D eigenvalue weighted by Gasteiger charge is -2.00. The lowest BCUT2D eigenvalue weighted by Crippen LogP contribution is -1.80. The maximum atomic E-state index is 9.62. The lowest BCUT2D eigenvalue weighted by atomic mass is 10.1. The standard InChI is InChI=1S/C10H8ClNOS/c1-6-9(12-10(11)14-6)7-4-2-3-5-8(7)13/h2-5,13H,1H3. The molecule has 0 saturated heterocycles. The molecule has 0 aliphatic rings. The van der Waals surface area contributed by atoms with Crippen LogP contribution in [-0.2, 0) is 0 Å². The van der Waals surface area contributed by atoms with E-state index in [4.69, 9.17) is 11.6 Å². The van der Waals surface area contributed by atoms with Crippen LogP contribution in [0.4, 0.5) is 0 Å². The second kappa shape index (κ2) is 3.59. The number of rotatable bonds is 1. The van der Waals surface area contributed by atoms with E-state index < -0.39 is 0 Å². The number of halogens is 1. The van der Waals surface area contributed by atoms with E-state index in [9.17, 15) is 5.11 Å². The predicted molar refractivity (Wildman–Crippen MR) is 59.0 cm³/mol. The highest BCUT2D eigenvalue weighted by Gasteiger charge is 2.11. The first-order valence-electron chi connectivity index (χ1n) is 4.10. The minimum atomic E-state index is 0.234. The van der Waals surface area contributed by atoms with Gasteiger partial charge < -0.3 is 5.11 Å². The van der Waals surface area contributed by atoms with Crippen molar-refractivity contribution in [3.8, 4) is 17.0 Å². The van der Waals surface area contributed by atoms with Crippen LogP contribution < -0.4 is 0 Å². The summed E-state index contributed by atoms with van der Waals surface area (Å²) in [4.78, 5) is 5.18. The Hall–Kier alpha value is -1.06. The van der Waals surface area contributed by atoms with Gasteiger partial charge in [0.1, 0.15) is 5.75 Å². The van der Waals surface area contributed by atoms with E-state index in [1.165, 1.54) is 11.3 Å². The molecule has 0 spiro atoms. The number of hydrogen-bond acceptors (Lipinski definition) is 3. The molecule has 0 aliphatic carbocycles. The zero-order valence-corrected chi connectivity index (χ0v) is 9.06. The van der Waals surface area contributed by atoms with Crippen LogP contribution in [0.5, 0.6) is 5.75 Å². The second-order valence-electron chi connectivity index (χ2n) is 2.89. The summed E-state index contributed by atoms with van der Waals surface area (Å²) in [6.07, 6.45) is 0. The fraction of sp³-hybridized carbons (Fsp3) is 0.100. The number of benzene rings is 1.